The van der Waals surface area contributed by atoms with Gasteiger partial charge in [-0.25, -0.2) is 0 Å². The minimum absolute atomic E-state index is 0.00427. The SMILES string of the molecule is COc1cc2c(cc1O)[C@H](c1ccccc1)C#C[C@H]1CCC[C@H](CCCC3CCCCC3)C[C@H]1C(=O)CC(=O)CC2. The highest BCUT2D eigenvalue weighted by Crippen LogP contribution is 2.39. The molecule has 0 radical (unpaired) electrons. The van der Waals surface area contributed by atoms with E-state index >= 15 is 0 Å². The van der Waals surface area contributed by atoms with E-state index < -0.39 is 0 Å². The van der Waals surface area contributed by atoms with E-state index in [1.165, 1.54) is 58.5 Å². The molecular formula is C37H46O4. The van der Waals surface area contributed by atoms with Crippen molar-refractivity contribution in [2.24, 2.45) is 23.7 Å². The van der Waals surface area contributed by atoms with Gasteiger partial charge in [0.15, 0.2) is 11.5 Å². The first kappa shape index (κ1) is 29.4. The van der Waals surface area contributed by atoms with Crippen LogP contribution < -0.4 is 4.74 Å². The number of hydrogen-bond acceptors (Lipinski definition) is 4. The summed E-state index contributed by atoms with van der Waals surface area (Å²) in [6.45, 7) is 0. The zero-order valence-electron chi connectivity index (χ0n) is 24.7. The molecule has 4 heteroatoms. The van der Waals surface area contributed by atoms with Crippen LogP contribution in [0.3, 0.4) is 0 Å². The second kappa shape index (κ2) is 14.2. The zero-order valence-corrected chi connectivity index (χ0v) is 24.7. The van der Waals surface area contributed by atoms with Crippen LogP contribution in [0.1, 0.15) is 112 Å². The summed E-state index contributed by atoms with van der Waals surface area (Å²) in [5.41, 5.74) is 2.89. The number of fused-ring (bicyclic) bond motifs is 2. The molecule has 2 saturated carbocycles. The van der Waals surface area contributed by atoms with Gasteiger partial charge < -0.3 is 9.84 Å². The van der Waals surface area contributed by atoms with Crippen LogP contribution in [0.4, 0.5) is 0 Å². The third-order valence-electron chi connectivity index (χ3n) is 9.91. The van der Waals surface area contributed by atoms with Gasteiger partial charge in [0.2, 0.25) is 0 Å². The first-order valence-electron chi connectivity index (χ1n) is 16.0. The summed E-state index contributed by atoms with van der Waals surface area (Å²) in [7, 11) is 1.53. The number of ether oxygens (including phenoxy) is 1. The van der Waals surface area contributed by atoms with Gasteiger partial charge in [0.1, 0.15) is 11.6 Å². The molecular weight excluding hydrogens is 508 g/mol. The number of phenolic OH excluding ortho intramolecular Hbond substituents is 1. The van der Waals surface area contributed by atoms with Crippen LogP contribution in [-0.2, 0) is 16.0 Å². The molecule has 3 aliphatic rings. The number of Topliss-reactive ketones (excluding diaryl/α,β-unsaturated/α-hetero) is 2. The number of aromatic hydroxyl groups is 1. The number of phenols is 1. The largest absolute Gasteiger partial charge is 0.504 e. The van der Waals surface area contributed by atoms with E-state index in [0.29, 0.717) is 24.5 Å². The van der Waals surface area contributed by atoms with Gasteiger partial charge in [0.05, 0.1) is 19.4 Å². The fourth-order valence-electron chi connectivity index (χ4n) is 7.57. The molecule has 0 spiro atoms. The summed E-state index contributed by atoms with van der Waals surface area (Å²) >= 11 is 0. The number of ketones is 2. The smallest absolute Gasteiger partial charge is 0.160 e. The van der Waals surface area contributed by atoms with Crippen molar-refractivity contribution in [1.29, 1.82) is 0 Å². The summed E-state index contributed by atoms with van der Waals surface area (Å²) < 4.78 is 5.40. The molecule has 0 saturated heterocycles. The van der Waals surface area contributed by atoms with Crippen molar-refractivity contribution in [3.8, 4) is 23.3 Å². The Labute approximate surface area is 246 Å². The van der Waals surface area contributed by atoms with Crippen LogP contribution in [-0.4, -0.2) is 23.8 Å². The number of rotatable bonds is 6. The first-order valence-corrected chi connectivity index (χ1v) is 16.0. The number of carbonyl (C=O) groups is 2. The monoisotopic (exact) mass is 554 g/mol. The van der Waals surface area contributed by atoms with Gasteiger partial charge in [-0.15, -0.1) is 0 Å². The number of aryl methyl sites for hydroxylation is 1. The summed E-state index contributed by atoms with van der Waals surface area (Å²) in [5.74, 6) is 8.70. The highest BCUT2D eigenvalue weighted by Gasteiger charge is 2.34. The first-order chi connectivity index (χ1) is 20.0. The molecule has 0 bridgehead atoms. The minimum Gasteiger partial charge on any atom is -0.504 e. The molecule has 3 aliphatic carbocycles. The average Bonchev–Trinajstić information content (AvgIpc) is 3.19. The molecule has 2 fully saturated rings. The lowest BCUT2D eigenvalue weighted by atomic mass is 9.78. The summed E-state index contributed by atoms with van der Waals surface area (Å²) in [6, 6.07) is 13.7. The predicted octanol–water partition coefficient (Wildman–Crippen LogP) is 8.18. The van der Waals surface area contributed by atoms with Crippen molar-refractivity contribution in [1.82, 2.24) is 0 Å². The van der Waals surface area contributed by atoms with Crippen molar-refractivity contribution >= 4 is 11.6 Å². The van der Waals surface area contributed by atoms with Gasteiger partial charge in [-0.2, -0.15) is 0 Å². The molecule has 0 heterocycles. The van der Waals surface area contributed by atoms with E-state index in [2.05, 4.69) is 24.0 Å². The Morgan fingerprint density at radius 1 is 0.878 bits per heavy atom. The molecule has 41 heavy (non-hydrogen) atoms. The summed E-state index contributed by atoms with van der Waals surface area (Å²) in [6.07, 6.45) is 15.5. The normalized spacial score (nSPS) is 25.9. The highest BCUT2D eigenvalue weighted by molar-refractivity contribution is 6.00. The standard InChI is InChI=1S/C37H46O4/c1-41-37-23-30-18-20-31(38)24-35(39)34-22-27(13-8-12-26-10-4-2-5-11-26)14-9-17-29(34)19-21-32(33(30)25-36(37)40)28-15-6-3-7-16-28/h3,6-7,15-16,23,25-27,29,32,34,40H,2,4-5,8-14,17-18,20,22,24H2,1H3/t27-,29+,32-,34+/m0/s1. The molecule has 0 aromatic heterocycles. The zero-order chi connectivity index (χ0) is 28.6. The molecule has 1 N–H and O–H groups in total. The van der Waals surface area contributed by atoms with E-state index in [4.69, 9.17) is 4.74 Å². The maximum Gasteiger partial charge on any atom is 0.160 e. The van der Waals surface area contributed by atoms with E-state index in [1.807, 2.05) is 24.3 Å². The summed E-state index contributed by atoms with van der Waals surface area (Å²) in [4.78, 5) is 26.8. The minimum atomic E-state index is -0.261. The van der Waals surface area contributed by atoms with Gasteiger partial charge >= 0.3 is 0 Å². The van der Waals surface area contributed by atoms with E-state index in [9.17, 15) is 14.7 Å². The van der Waals surface area contributed by atoms with Gasteiger partial charge in [0, 0.05) is 18.3 Å². The Kier molecular flexibility index (Phi) is 10.2. The van der Waals surface area contributed by atoms with Crippen molar-refractivity contribution in [3.05, 3.63) is 59.2 Å². The molecule has 2 aromatic carbocycles. The quantitative estimate of drug-likeness (QED) is 0.289. The number of hydrogen-bond donors (Lipinski definition) is 1. The van der Waals surface area contributed by atoms with Crippen LogP contribution >= 0.6 is 0 Å². The Morgan fingerprint density at radius 3 is 2.41 bits per heavy atom. The number of methoxy groups -OCH3 is 1. The molecule has 0 amide bonds. The van der Waals surface area contributed by atoms with Crippen LogP contribution in [0.15, 0.2) is 42.5 Å². The third-order valence-corrected chi connectivity index (χ3v) is 9.91. The van der Waals surface area contributed by atoms with Crippen molar-refractivity contribution in [2.45, 2.75) is 102 Å². The van der Waals surface area contributed by atoms with Crippen LogP contribution in [0.5, 0.6) is 11.5 Å². The fraction of sp³-hybridized carbons (Fsp3) is 0.568. The Bertz CT molecular complexity index is 1250. The third kappa shape index (κ3) is 7.62. The molecule has 218 valence electrons. The molecule has 4 atom stereocenters. The highest BCUT2D eigenvalue weighted by atomic mass is 16.5. The van der Waals surface area contributed by atoms with Gasteiger partial charge in [-0.1, -0.05) is 106 Å². The molecule has 0 aliphatic heterocycles. The summed E-state index contributed by atoms with van der Waals surface area (Å²) in [5, 5.41) is 10.7. The van der Waals surface area contributed by atoms with Gasteiger partial charge in [-0.3, -0.25) is 9.59 Å². The van der Waals surface area contributed by atoms with E-state index in [-0.39, 0.29) is 41.5 Å². The van der Waals surface area contributed by atoms with Crippen LogP contribution in [0, 0.1) is 35.5 Å². The van der Waals surface area contributed by atoms with E-state index in [1.54, 1.807) is 6.07 Å². The second-order valence-electron chi connectivity index (χ2n) is 12.7. The van der Waals surface area contributed by atoms with Crippen LogP contribution in [0.2, 0.25) is 0 Å². The van der Waals surface area contributed by atoms with Gasteiger partial charge in [-0.05, 0) is 59.9 Å². The lowest BCUT2D eigenvalue weighted by Crippen LogP contribution is -2.26. The molecule has 0 unspecified atom stereocenters. The fourth-order valence-corrected chi connectivity index (χ4v) is 7.57. The molecule has 4 nitrogen and oxygen atoms in total. The van der Waals surface area contributed by atoms with Crippen molar-refractivity contribution in [3.63, 3.8) is 0 Å². The maximum absolute atomic E-state index is 13.7. The lowest BCUT2D eigenvalue weighted by molar-refractivity contribution is -0.130. The van der Waals surface area contributed by atoms with Crippen molar-refractivity contribution in [2.75, 3.05) is 7.11 Å². The topological polar surface area (TPSA) is 63.6 Å². The molecule has 2 aromatic rings. The molecule has 5 rings (SSSR count). The van der Waals surface area contributed by atoms with Gasteiger partial charge in [0.25, 0.3) is 0 Å². The lowest BCUT2D eigenvalue weighted by Gasteiger charge is -2.25. The predicted molar refractivity (Wildman–Crippen MR) is 163 cm³/mol. The Morgan fingerprint density at radius 2 is 1.63 bits per heavy atom. The maximum atomic E-state index is 13.7. The van der Waals surface area contributed by atoms with Crippen LogP contribution in [0.25, 0.3) is 0 Å². The Hall–Kier alpha value is -3.06. The number of carbonyl (C=O) groups excluding carboxylic acids is 2. The average molecular weight is 555 g/mol. The number of benzene rings is 2. The second-order valence-corrected chi connectivity index (χ2v) is 12.7. The van der Waals surface area contributed by atoms with Crippen molar-refractivity contribution < 1.29 is 19.4 Å². The van der Waals surface area contributed by atoms with E-state index in [0.717, 1.165) is 48.3 Å². The Balaban J connectivity index is 1.44.